The molecule has 0 amide bonds. The zero-order chi connectivity index (χ0) is 30.4. The lowest BCUT2D eigenvalue weighted by Crippen LogP contribution is -1.88. The average molecular weight is 607 g/mol. The second-order valence-corrected chi connectivity index (χ2v) is 12.8. The summed E-state index contributed by atoms with van der Waals surface area (Å²) in [4.78, 5) is 19.1. The Kier molecular flexibility index (Phi) is 8.79. The second-order valence-electron chi connectivity index (χ2n) is 11.7. The van der Waals surface area contributed by atoms with Gasteiger partial charge in [-0.25, -0.2) is 9.97 Å². The Morgan fingerprint density at radius 2 is 1.16 bits per heavy atom. The molecule has 0 spiro atoms. The molecule has 2 N–H and O–H groups in total. The first kappa shape index (κ1) is 29.1. The van der Waals surface area contributed by atoms with Gasteiger partial charge in [-0.15, -0.1) is 11.8 Å². The van der Waals surface area contributed by atoms with Crippen LogP contribution in [0.15, 0.2) is 95.9 Å². The number of nitrogens with one attached hydrogen (secondary N) is 2. The predicted octanol–water partition coefficient (Wildman–Crippen LogP) is 11.4. The number of rotatable bonds is 10. The molecule has 224 valence electrons. The van der Waals surface area contributed by atoms with E-state index in [-0.39, 0.29) is 0 Å². The van der Waals surface area contributed by atoms with Crippen LogP contribution >= 0.6 is 11.8 Å². The first-order valence-electron chi connectivity index (χ1n) is 16.1. The van der Waals surface area contributed by atoms with Crippen LogP contribution in [0.3, 0.4) is 0 Å². The number of nitrogens with zero attached hydrogens (tertiary/aromatic N) is 2. The largest absolute Gasteiger partial charge is 0.355 e. The molecule has 5 heterocycles. The molecule has 0 saturated heterocycles. The highest BCUT2D eigenvalue weighted by Gasteiger charge is 2.16. The van der Waals surface area contributed by atoms with Crippen molar-refractivity contribution in [3.8, 4) is 22.3 Å². The van der Waals surface area contributed by atoms with Gasteiger partial charge in [0, 0.05) is 27.7 Å². The van der Waals surface area contributed by atoms with Crippen molar-refractivity contribution in [1.82, 2.24) is 19.9 Å². The van der Waals surface area contributed by atoms with Crippen molar-refractivity contribution in [1.29, 1.82) is 0 Å². The van der Waals surface area contributed by atoms with Crippen molar-refractivity contribution in [2.24, 2.45) is 0 Å². The van der Waals surface area contributed by atoms with Crippen molar-refractivity contribution in [3.05, 3.63) is 114 Å². The highest BCUT2D eigenvalue weighted by atomic mass is 32.2. The molecule has 5 aromatic rings. The number of fused-ring (bicyclic) bond motifs is 8. The van der Waals surface area contributed by atoms with E-state index in [4.69, 9.17) is 9.97 Å². The minimum atomic E-state index is 0.919. The lowest BCUT2D eigenvalue weighted by Gasteiger charge is -2.06. The molecular weight excluding hydrogens is 569 g/mol. The van der Waals surface area contributed by atoms with E-state index in [2.05, 4.69) is 132 Å². The molecule has 0 radical (unpaired) electrons. The van der Waals surface area contributed by atoms with E-state index >= 15 is 0 Å². The van der Waals surface area contributed by atoms with Crippen molar-refractivity contribution < 1.29 is 0 Å². The molecule has 2 aromatic carbocycles. The van der Waals surface area contributed by atoms with E-state index in [0.29, 0.717) is 0 Å². The van der Waals surface area contributed by atoms with Crippen molar-refractivity contribution >= 4 is 58.1 Å². The van der Waals surface area contributed by atoms with Gasteiger partial charge in [-0.2, -0.15) is 0 Å². The fourth-order valence-corrected chi connectivity index (χ4v) is 7.23. The first-order valence-corrected chi connectivity index (χ1v) is 17.1. The Morgan fingerprint density at radius 1 is 0.556 bits per heavy atom. The van der Waals surface area contributed by atoms with Crippen LogP contribution in [0, 0.1) is 0 Å². The normalized spacial score (nSPS) is 12.2. The number of thioether (sulfide) groups is 1. The number of hydrogen-bond donors (Lipinski definition) is 2. The van der Waals surface area contributed by atoms with Gasteiger partial charge < -0.3 is 9.97 Å². The number of unbranched alkanes of at least 4 members (excludes halogenated alkanes) is 5. The standard InChI is InChI=1S/C40H38N4S/c1-2-3-4-5-6-13-26-45-40-36-24-22-34(43-36)38(28-14-9-7-10-15-28)32-20-18-30(41-32)27-31-19-21-33(42-31)39(29-16-11-8-12-17-29)35-23-25-37(40)44-35/h7-12,14-25,27,41,44H,2-6,13,26H2,1H3. The fourth-order valence-electron chi connectivity index (χ4n) is 6.14. The lowest BCUT2D eigenvalue weighted by atomic mass is 10.0. The molecule has 5 heteroatoms. The molecule has 0 saturated carbocycles. The molecular formula is C40H38N4S. The lowest BCUT2D eigenvalue weighted by molar-refractivity contribution is 0.627. The summed E-state index contributed by atoms with van der Waals surface area (Å²) in [5.41, 5.74) is 12.5. The number of hydrogen-bond acceptors (Lipinski definition) is 3. The minimum Gasteiger partial charge on any atom is -0.355 e. The average Bonchev–Trinajstić information content (AvgIpc) is 3.90. The predicted molar refractivity (Wildman–Crippen MR) is 194 cm³/mol. The fraction of sp³-hybridized carbons (Fsp3) is 0.200. The summed E-state index contributed by atoms with van der Waals surface area (Å²) >= 11 is 1.92. The summed E-state index contributed by atoms with van der Waals surface area (Å²) in [5, 5.41) is 0. The molecule has 4 nitrogen and oxygen atoms in total. The molecule has 8 bridgehead atoms. The Bertz CT molecular complexity index is 1980. The highest BCUT2D eigenvalue weighted by molar-refractivity contribution is 7.99. The molecule has 0 aliphatic carbocycles. The maximum atomic E-state index is 5.31. The summed E-state index contributed by atoms with van der Waals surface area (Å²) in [7, 11) is 0. The van der Waals surface area contributed by atoms with E-state index in [1.165, 1.54) is 43.4 Å². The van der Waals surface area contributed by atoms with Gasteiger partial charge in [0.25, 0.3) is 0 Å². The van der Waals surface area contributed by atoms with Crippen molar-refractivity contribution in [2.45, 2.75) is 50.3 Å². The van der Waals surface area contributed by atoms with Crippen LogP contribution in [-0.2, 0) is 0 Å². The third-order valence-electron chi connectivity index (χ3n) is 8.40. The zero-order valence-corrected chi connectivity index (χ0v) is 26.5. The van der Waals surface area contributed by atoms with Crippen LogP contribution in [-0.4, -0.2) is 25.7 Å². The zero-order valence-electron chi connectivity index (χ0n) is 25.7. The van der Waals surface area contributed by atoms with E-state index in [9.17, 15) is 0 Å². The molecule has 0 atom stereocenters. The molecule has 0 unspecified atom stereocenters. The summed E-state index contributed by atoms with van der Waals surface area (Å²) in [5.74, 6) is 1.06. The number of aromatic nitrogens is 4. The maximum Gasteiger partial charge on any atom is 0.0794 e. The van der Waals surface area contributed by atoms with Crippen LogP contribution in [0.25, 0.3) is 68.6 Å². The van der Waals surface area contributed by atoms with Gasteiger partial charge in [0.1, 0.15) is 0 Å². The Morgan fingerprint density at radius 3 is 1.91 bits per heavy atom. The monoisotopic (exact) mass is 606 g/mol. The molecule has 45 heavy (non-hydrogen) atoms. The van der Waals surface area contributed by atoms with Crippen molar-refractivity contribution in [2.75, 3.05) is 5.75 Å². The smallest absolute Gasteiger partial charge is 0.0794 e. The summed E-state index contributed by atoms with van der Waals surface area (Å²) in [6, 6.07) is 31.9. The molecule has 0 fully saturated rings. The van der Waals surface area contributed by atoms with Gasteiger partial charge in [-0.3, -0.25) is 0 Å². The summed E-state index contributed by atoms with van der Waals surface area (Å²) in [6.07, 6.45) is 16.3. The van der Waals surface area contributed by atoms with E-state index in [0.717, 1.165) is 72.8 Å². The van der Waals surface area contributed by atoms with E-state index in [1.54, 1.807) is 0 Å². The van der Waals surface area contributed by atoms with Gasteiger partial charge in [0.15, 0.2) is 0 Å². The van der Waals surface area contributed by atoms with Gasteiger partial charge in [0.2, 0.25) is 0 Å². The molecule has 2 aliphatic heterocycles. The van der Waals surface area contributed by atoms with Crippen molar-refractivity contribution in [3.63, 3.8) is 0 Å². The summed E-state index contributed by atoms with van der Waals surface area (Å²) in [6.45, 7) is 2.27. The van der Waals surface area contributed by atoms with Gasteiger partial charge in [-0.1, -0.05) is 99.7 Å². The SMILES string of the molecule is CCCCCCCCSc1c2nc(c(-c3ccccc3)c3ccc(cc4nc(c(-c5ccccc5)c5ccc1[nH]5)C=C4)[nH]3)C=C2. The van der Waals surface area contributed by atoms with E-state index in [1.807, 2.05) is 11.8 Å². The van der Waals surface area contributed by atoms with Crippen LogP contribution in [0.1, 0.15) is 68.2 Å². The van der Waals surface area contributed by atoms with Crippen LogP contribution < -0.4 is 0 Å². The second kappa shape index (κ2) is 13.6. The van der Waals surface area contributed by atoms with Gasteiger partial charge in [-0.05, 0) is 77.9 Å². The molecule has 2 aliphatic rings. The third-order valence-corrected chi connectivity index (χ3v) is 9.61. The molecule has 3 aromatic heterocycles. The first-order chi connectivity index (χ1) is 22.3. The van der Waals surface area contributed by atoms with Gasteiger partial charge >= 0.3 is 0 Å². The topological polar surface area (TPSA) is 57.4 Å². The number of aromatic amines is 2. The quantitative estimate of drug-likeness (QED) is 0.120. The van der Waals surface area contributed by atoms with E-state index < -0.39 is 0 Å². The number of benzene rings is 2. The third kappa shape index (κ3) is 6.45. The Balaban J connectivity index is 1.46. The summed E-state index contributed by atoms with van der Waals surface area (Å²) < 4.78 is 0. The maximum absolute atomic E-state index is 5.31. The molecule has 7 rings (SSSR count). The van der Waals surface area contributed by atoms with Crippen LogP contribution in [0.2, 0.25) is 0 Å². The highest BCUT2D eigenvalue weighted by Crippen LogP contribution is 2.36. The van der Waals surface area contributed by atoms with Gasteiger partial charge in [0.05, 0.1) is 33.2 Å². The Hall–Kier alpha value is -4.61. The minimum absolute atomic E-state index is 0.919. The number of H-pyrrole nitrogens is 2. The Labute approximate surface area is 269 Å². The van der Waals surface area contributed by atoms with Crippen LogP contribution in [0.4, 0.5) is 0 Å². The van der Waals surface area contributed by atoms with Crippen LogP contribution in [0.5, 0.6) is 0 Å².